The molecule has 2 aromatic rings. The normalized spacial score (nSPS) is 17.0. The maximum Gasteiger partial charge on any atom is 0.321 e. The van der Waals surface area contributed by atoms with Crippen LogP contribution < -0.4 is 10.1 Å². The number of nitrogens with zero attached hydrogens (tertiary/aromatic N) is 2. The van der Waals surface area contributed by atoms with Crippen LogP contribution in [0.2, 0.25) is 0 Å². The van der Waals surface area contributed by atoms with Crippen molar-refractivity contribution in [2.75, 3.05) is 25.0 Å². The quantitative estimate of drug-likeness (QED) is 0.839. The summed E-state index contributed by atoms with van der Waals surface area (Å²) in [5.41, 5.74) is 0.741. The van der Waals surface area contributed by atoms with Gasteiger partial charge in [0, 0.05) is 31.6 Å². The Balaban J connectivity index is 1.52. The van der Waals surface area contributed by atoms with Gasteiger partial charge in [0.2, 0.25) is 0 Å². The number of piperidine rings is 1. The van der Waals surface area contributed by atoms with Crippen LogP contribution in [0.1, 0.15) is 26.2 Å². The average Bonchev–Trinajstić information content (AvgIpc) is 2.69. The zero-order valence-corrected chi connectivity index (χ0v) is 15.1. The molecule has 1 aliphatic rings. The van der Waals surface area contributed by atoms with Gasteiger partial charge in [-0.1, -0.05) is 6.92 Å². The van der Waals surface area contributed by atoms with Crippen molar-refractivity contribution in [2.24, 2.45) is 0 Å². The van der Waals surface area contributed by atoms with Crippen LogP contribution in [0.15, 0.2) is 48.8 Å². The Bertz CT molecular complexity index is 691. The maximum absolute atomic E-state index is 12.5. The second-order valence-corrected chi connectivity index (χ2v) is 6.33. The molecule has 6 heteroatoms. The minimum absolute atomic E-state index is 0.0873. The molecule has 138 valence electrons. The predicted octanol–water partition coefficient (Wildman–Crippen LogP) is 4.30. The highest BCUT2D eigenvalue weighted by atomic mass is 16.5. The van der Waals surface area contributed by atoms with Crippen LogP contribution in [-0.2, 0) is 4.74 Å². The molecule has 1 aliphatic heterocycles. The van der Waals surface area contributed by atoms with Gasteiger partial charge >= 0.3 is 6.03 Å². The van der Waals surface area contributed by atoms with Crippen molar-refractivity contribution in [3.8, 4) is 11.5 Å². The average molecular weight is 355 g/mol. The maximum atomic E-state index is 12.5. The molecule has 1 saturated heterocycles. The van der Waals surface area contributed by atoms with Crippen LogP contribution >= 0.6 is 0 Å². The monoisotopic (exact) mass is 355 g/mol. The Labute approximate surface area is 154 Å². The molecule has 1 atom stereocenters. The summed E-state index contributed by atoms with van der Waals surface area (Å²) in [5, 5.41) is 2.94. The summed E-state index contributed by atoms with van der Waals surface area (Å²) in [6, 6.07) is 10.9. The fourth-order valence-corrected chi connectivity index (χ4v) is 2.90. The van der Waals surface area contributed by atoms with E-state index in [9.17, 15) is 4.79 Å². The van der Waals surface area contributed by atoms with Crippen molar-refractivity contribution in [3.63, 3.8) is 0 Å². The van der Waals surface area contributed by atoms with Crippen molar-refractivity contribution in [3.05, 3.63) is 48.8 Å². The zero-order chi connectivity index (χ0) is 18.2. The number of rotatable bonds is 6. The first kappa shape index (κ1) is 18.2. The summed E-state index contributed by atoms with van der Waals surface area (Å²) < 4.78 is 11.5. The van der Waals surface area contributed by atoms with E-state index in [4.69, 9.17) is 9.47 Å². The first-order valence-corrected chi connectivity index (χ1v) is 9.10. The third-order valence-corrected chi connectivity index (χ3v) is 4.20. The van der Waals surface area contributed by atoms with Gasteiger partial charge in [0.15, 0.2) is 0 Å². The number of carbonyl (C=O) groups excluding carboxylic acids is 1. The van der Waals surface area contributed by atoms with Gasteiger partial charge in [-0.15, -0.1) is 0 Å². The lowest BCUT2D eigenvalue weighted by Gasteiger charge is -2.32. The number of pyridine rings is 1. The lowest BCUT2D eigenvalue weighted by Crippen LogP contribution is -2.45. The van der Waals surface area contributed by atoms with Gasteiger partial charge in [0.25, 0.3) is 0 Å². The highest BCUT2D eigenvalue weighted by molar-refractivity contribution is 5.89. The van der Waals surface area contributed by atoms with Crippen LogP contribution in [0.5, 0.6) is 11.5 Å². The molecular formula is C20H25N3O3. The van der Waals surface area contributed by atoms with E-state index in [1.54, 1.807) is 12.4 Å². The second kappa shape index (κ2) is 9.20. The number of aromatic nitrogens is 1. The molecule has 0 saturated carbocycles. The van der Waals surface area contributed by atoms with E-state index >= 15 is 0 Å². The Morgan fingerprint density at radius 2 is 2.12 bits per heavy atom. The fourth-order valence-electron chi connectivity index (χ4n) is 2.90. The molecule has 0 unspecified atom stereocenters. The van der Waals surface area contributed by atoms with E-state index in [2.05, 4.69) is 17.2 Å². The number of carbonyl (C=O) groups is 1. The highest BCUT2D eigenvalue weighted by Crippen LogP contribution is 2.22. The largest absolute Gasteiger partial charge is 0.456 e. The molecule has 0 aliphatic carbocycles. The summed E-state index contributed by atoms with van der Waals surface area (Å²) in [6.07, 6.45) is 6.48. The molecular weight excluding hydrogens is 330 g/mol. The van der Waals surface area contributed by atoms with Crippen LogP contribution in [0, 0.1) is 0 Å². The summed E-state index contributed by atoms with van der Waals surface area (Å²) >= 11 is 0. The number of likely N-dealkylation sites (tertiary alicyclic amines) is 1. The number of hydrogen-bond acceptors (Lipinski definition) is 4. The van der Waals surface area contributed by atoms with E-state index in [1.807, 2.05) is 41.3 Å². The van der Waals surface area contributed by atoms with Gasteiger partial charge in [-0.25, -0.2) is 4.79 Å². The number of urea groups is 1. The summed E-state index contributed by atoms with van der Waals surface area (Å²) in [5.74, 6) is 1.37. The fraction of sp³-hybridized carbons (Fsp3) is 0.400. The van der Waals surface area contributed by atoms with E-state index in [0.717, 1.165) is 38.1 Å². The number of ether oxygens (including phenoxy) is 2. The molecule has 1 N–H and O–H groups in total. The highest BCUT2D eigenvalue weighted by Gasteiger charge is 2.24. The van der Waals surface area contributed by atoms with Gasteiger partial charge in [-0.05, 0) is 55.7 Å². The van der Waals surface area contributed by atoms with Crippen molar-refractivity contribution < 1.29 is 14.3 Å². The molecule has 1 aromatic heterocycles. The SMILES string of the molecule is CCCO[C@H]1CCCN(C(=O)Nc2ccc(Oc3cccnc3)cc2)C1. The first-order chi connectivity index (χ1) is 12.7. The molecule has 26 heavy (non-hydrogen) atoms. The molecule has 3 rings (SSSR count). The van der Waals surface area contributed by atoms with E-state index in [0.29, 0.717) is 18.0 Å². The summed E-state index contributed by atoms with van der Waals surface area (Å²) in [6.45, 7) is 4.25. The number of anilines is 1. The van der Waals surface area contributed by atoms with Crippen LogP contribution in [0.4, 0.5) is 10.5 Å². The molecule has 2 heterocycles. The van der Waals surface area contributed by atoms with E-state index < -0.39 is 0 Å². The van der Waals surface area contributed by atoms with Gasteiger partial charge in [-0.2, -0.15) is 0 Å². The number of nitrogens with one attached hydrogen (secondary N) is 1. The van der Waals surface area contributed by atoms with Gasteiger partial charge in [0.1, 0.15) is 11.5 Å². The van der Waals surface area contributed by atoms with Crippen molar-refractivity contribution in [1.82, 2.24) is 9.88 Å². The molecule has 0 spiro atoms. The number of hydrogen-bond donors (Lipinski definition) is 1. The van der Waals surface area contributed by atoms with Crippen molar-refractivity contribution in [1.29, 1.82) is 0 Å². The lowest BCUT2D eigenvalue weighted by atomic mass is 10.1. The van der Waals surface area contributed by atoms with Gasteiger partial charge < -0.3 is 19.7 Å². The molecule has 1 aromatic carbocycles. The van der Waals surface area contributed by atoms with E-state index in [-0.39, 0.29) is 12.1 Å². The van der Waals surface area contributed by atoms with Gasteiger partial charge in [0.05, 0.1) is 12.3 Å². The lowest BCUT2D eigenvalue weighted by molar-refractivity contribution is 0.0115. The standard InChI is InChI=1S/C20H25N3O3/c1-2-13-25-19-6-4-12-23(15-19)20(24)22-16-7-9-17(10-8-16)26-18-5-3-11-21-14-18/h3,5,7-11,14,19H,2,4,6,12-13,15H2,1H3,(H,22,24)/t19-/m0/s1. The Kier molecular flexibility index (Phi) is 6.44. The summed E-state index contributed by atoms with van der Waals surface area (Å²) in [7, 11) is 0. The third-order valence-electron chi connectivity index (χ3n) is 4.20. The molecule has 1 fully saturated rings. The zero-order valence-electron chi connectivity index (χ0n) is 15.1. The Morgan fingerprint density at radius 3 is 2.85 bits per heavy atom. The predicted molar refractivity (Wildman–Crippen MR) is 101 cm³/mol. The second-order valence-electron chi connectivity index (χ2n) is 6.33. The number of benzene rings is 1. The minimum atomic E-state index is -0.0873. The van der Waals surface area contributed by atoms with Crippen LogP contribution in [-0.4, -0.2) is 41.7 Å². The number of amides is 2. The third kappa shape index (κ3) is 5.20. The molecule has 6 nitrogen and oxygen atoms in total. The smallest absolute Gasteiger partial charge is 0.321 e. The van der Waals surface area contributed by atoms with Crippen LogP contribution in [0.3, 0.4) is 0 Å². The van der Waals surface area contributed by atoms with E-state index in [1.165, 1.54) is 0 Å². The molecule has 0 bridgehead atoms. The first-order valence-electron chi connectivity index (χ1n) is 9.10. The summed E-state index contributed by atoms with van der Waals surface area (Å²) in [4.78, 5) is 18.3. The van der Waals surface area contributed by atoms with Crippen LogP contribution in [0.25, 0.3) is 0 Å². The Morgan fingerprint density at radius 1 is 1.27 bits per heavy atom. The van der Waals surface area contributed by atoms with Crippen molar-refractivity contribution >= 4 is 11.7 Å². The van der Waals surface area contributed by atoms with Crippen molar-refractivity contribution in [2.45, 2.75) is 32.3 Å². The molecule has 2 amide bonds. The molecule has 0 radical (unpaired) electrons. The Hall–Kier alpha value is -2.60. The topological polar surface area (TPSA) is 63.7 Å². The van der Waals surface area contributed by atoms with Gasteiger partial charge in [-0.3, -0.25) is 4.98 Å². The minimum Gasteiger partial charge on any atom is -0.456 e.